The van der Waals surface area contributed by atoms with Gasteiger partial charge in [-0.2, -0.15) is 0 Å². The molecule has 0 amide bonds. The molecule has 84 valence electrons. The van der Waals surface area contributed by atoms with Gasteiger partial charge in [-0.3, -0.25) is 0 Å². The predicted octanol–water partition coefficient (Wildman–Crippen LogP) is 2.05. The van der Waals surface area contributed by atoms with Gasteiger partial charge >= 0.3 is 0 Å². The van der Waals surface area contributed by atoms with Crippen molar-refractivity contribution >= 4 is 0 Å². The zero-order chi connectivity index (χ0) is 11.6. The molecule has 1 aromatic carbocycles. The molecule has 0 aromatic heterocycles. The van der Waals surface area contributed by atoms with Crippen molar-refractivity contribution in [2.45, 2.75) is 33.3 Å². The van der Waals surface area contributed by atoms with Crippen LogP contribution in [0.15, 0.2) is 18.2 Å². The number of rotatable bonds is 2. The van der Waals surface area contributed by atoms with E-state index in [1.807, 2.05) is 20.8 Å². The lowest BCUT2D eigenvalue weighted by Gasteiger charge is -2.26. The van der Waals surface area contributed by atoms with Gasteiger partial charge in [0.25, 0.3) is 0 Å². The fraction of sp³-hybridized carbons (Fsp3) is 0.500. The highest BCUT2D eigenvalue weighted by Crippen LogP contribution is 2.28. The van der Waals surface area contributed by atoms with Gasteiger partial charge in [0.2, 0.25) is 0 Å². The summed E-state index contributed by atoms with van der Waals surface area (Å²) in [5.74, 6) is 0.0554. The van der Waals surface area contributed by atoms with Crippen LogP contribution in [0.3, 0.4) is 0 Å². The lowest BCUT2D eigenvalue weighted by Crippen LogP contribution is -2.28. The van der Waals surface area contributed by atoms with E-state index in [2.05, 4.69) is 0 Å². The third-order valence-corrected chi connectivity index (χ3v) is 2.48. The first kappa shape index (κ1) is 11.9. The van der Waals surface area contributed by atoms with Crippen LogP contribution in [0, 0.1) is 5.41 Å². The van der Waals surface area contributed by atoms with Crippen molar-refractivity contribution in [3.63, 3.8) is 0 Å². The quantitative estimate of drug-likeness (QED) is 0.700. The molecule has 1 atom stereocenters. The van der Waals surface area contributed by atoms with Gasteiger partial charge in [-0.1, -0.05) is 26.8 Å². The minimum Gasteiger partial charge on any atom is -0.508 e. The summed E-state index contributed by atoms with van der Waals surface area (Å²) in [7, 11) is 0. The summed E-state index contributed by atoms with van der Waals surface area (Å²) in [6.45, 7) is 5.82. The molecule has 0 aliphatic heterocycles. The Bertz CT molecular complexity index is 339. The second kappa shape index (κ2) is 4.11. The molecule has 0 radical (unpaired) electrons. The number of aliphatic hydroxyl groups excluding tert-OH is 1. The second-order valence-corrected chi connectivity index (χ2v) is 4.90. The van der Waals surface area contributed by atoms with Crippen LogP contribution in [0.5, 0.6) is 11.5 Å². The molecule has 0 heterocycles. The van der Waals surface area contributed by atoms with Gasteiger partial charge in [-0.05, 0) is 17.0 Å². The van der Waals surface area contributed by atoms with E-state index in [0.717, 1.165) is 0 Å². The van der Waals surface area contributed by atoms with Gasteiger partial charge in [-0.15, -0.1) is 0 Å². The molecule has 0 aliphatic carbocycles. The number of benzene rings is 1. The first-order chi connectivity index (χ1) is 6.80. The van der Waals surface area contributed by atoms with Crippen LogP contribution in [0.4, 0.5) is 0 Å². The molecule has 1 unspecified atom stereocenters. The van der Waals surface area contributed by atoms with Crippen molar-refractivity contribution in [2.75, 3.05) is 0 Å². The Labute approximate surface area is 90.0 Å². The SMILES string of the molecule is CC(C)(C)C(O)Cc1ccc(O)cc1O. The molecule has 0 aliphatic rings. The van der Waals surface area contributed by atoms with Crippen LogP contribution >= 0.6 is 0 Å². The smallest absolute Gasteiger partial charge is 0.122 e. The molecule has 0 saturated carbocycles. The third kappa shape index (κ3) is 3.13. The zero-order valence-corrected chi connectivity index (χ0v) is 9.36. The first-order valence-electron chi connectivity index (χ1n) is 4.99. The van der Waals surface area contributed by atoms with E-state index in [1.54, 1.807) is 6.07 Å². The van der Waals surface area contributed by atoms with Crippen LogP contribution in [-0.4, -0.2) is 21.4 Å². The minimum absolute atomic E-state index is 0.0262. The average molecular weight is 210 g/mol. The van der Waals surface area contributed by atoms with E-state index in [9.17, 15) is 10.2 Å². The van der Waals surface area contributed by atoms with Crippen molar-refractivity contribution in [2.24, 2.45) is 5.41 Å². The summed E-state index contributed by atoms with van der Waals surface area (Å²) in [6.07, 6.45) is -0.136. The summed E-state index contributed by atoms with van der Waals surface area (Å²) in [4.78, 5) is 0. The number of phenolic OH excluding ortho intramolecular Hbond substituents is 2. The summed E-state index contributed by atoms with van der Waals surface area (Å²) >= 11 is 0. The van der Waals surface area contributed by atoms with Gasteiger partial charge in [0, 0.05) is 12.5 Å². The first-order valence-corrected chi connectivity index (χ1v) is 4.99. The van der Waals surface area contributed by atoms with Crippen LogP contribution < -0.4 is 0 Å². The number of phenols is 2. The van der Waals surface area contributed by atoms with Crippen LogP contribution in [0.25, 0.3) is 0 Å². The lowest BCUT2D eigenvalue weighted by atomic mass is 9.85. The van der Waals surface area contributed by atoms with E-state index in [-0.39, 0.29) is 16.9 Å². The number of hydrogen-bond donors (Lipinski definition) is 3. The predicted molar refractivity (Wildman–Crippen MR) is 58.9 cm³/mol. The highest BCUT2D eigenvalue weighted by molar-refractivity contribution is 5.39. The molecular formula is C12H18O3. The molecule has 1 rings (SSSR count). The highest BCUT2D eigenvalue weighted by atomic mass is 16.3. The summed E-state index contributed by atoms with van der Waals surface area (Å²) in [5, 5.41) is 28.5. The summed E-state index contributed by atoms with van der Waals surface area (Å²) < 4.78 is 0. The Hall–Kier alpha value is -1.22. The van der Waals surface area contributed by atoms with E-state index in [0.29, 0.717) is 12.0 Å². The van der Waals surface area contributed by atoms with Crippen LogP contribution in [-0.2, 0) is 6.42 Å². The van der Waals surface area contributed by atoms with E-state index in [4.69, 9.17) is 5.11 Å². The van der Waals surface area contributed by atoms with Crippen molar-refractivity contribution in [1.29, 1.82) is 0 Å². The topological polar surface area (TPSA) is 60.7 Å². The van der Waals surface area contributed by atoms with E-state index >= 15 is 0 Å². The normalized spacial score (nSPS) is 13.9. The van der Waals surface area contributed by atoms with Gasteiger partial charge in [0.1, 0.15) is 11.5 Å². The maximum absolute atomic E-state index is 9.86. The van der Waals surface area contributed by atoms with E-state index in [1.165, 1.54) is 12.1 Å². The van der Waals surface area contributed by atoms with Crippen LogP contribution in [0.2, 0.25) is 0 Å². The maximum atomic E-state index is 9.86. The Morgan fingerprint density at radius 3 is 2.27 bits per heavy atom. The number of aliphatic hydroxyl groups is 1. The van der Waals surface area contributed by atoms with E-state index < -0.39 is 6.10 Å². The second-order valence-electron chi connectivity index (χ2n) is 4.90. The zero-order valence-electron chi connectivity index (χ0n) is 9.36. The van der Waals surface area contributed by atoms with Crippen LogP contribution in [0.1, 0.15) is 26.3 Å². The molecule has 0 saturated heterocycles. The molecule has 3 heteroatoms. The highest BCUT2D eigenvalue weighted by Gasteiger charge is 2.23. The fourth-order valence-corrected chi connectivity index (χ4v) is 1.24. The molecular weight excluding hydrogens is 192 g/mol. The van der Waals surface area contributed by atoms with Gasteiger partial charge in [0.15, 0.2) is 0 Å². The standard InChI is InChI=1S/C12H18O3/c1-12(2,3)11(15)6-8-4-5-9(13)7-10(8)14/h4-5,7,11,13-15H,6H2,1-3H3. The molecule has 0 spiro atoms. The van der Waals surface area contributed by atoms with Crippen molar-refractivity contribution in [3.8, 4) is 11.5 Å². The lowest BCUT2D eigenvalue weighted by molar-refractivity contribution is 0.0631. The molecule has 3 N–H and O–H groups in total. The molecule has 3 nitrogen and oxygen atoms in total. The molecule has 1 aromatic rings. The fourth-order valence-electron chi connectivity index (χ4n) is 1.24. The van der Waals surface area contributed by atoms with Gasteiger partial charge < -0.3 is 15.3 Å². The van der Waals surface area contributed by atoms with Crippen molar-refractivity contribution in [3.05, 3.63) is 23.8 Å². The van der Waals surface area contributed by atoms with Gasteiger partial charge in [-0.25, -0.2) is 0 Å². The third-order valence-electron chi connectivity index (χ3n) is 2.48. The van der Waals surface area contributed by atoms with Crippen molar-refractivity contribution < 1.29 is 15.3 Å². The Kier molecular flexibility index (Phi) is 3.25. The summed E-state index contributed by atoms with van der Waals surface area (Å²) in [5.41, 5.74) is 0.430. The largest absolute Gasteiger partial charge is 0.508 e. The average Bonchev–Trinajstić information content (AvgIpc) is 2.08. The number of aromatic hydroxyl groups is 2. The minimum atomic E-state index is -0.520. The number of hydrogen-bond acceptors (Lipinski definition) is 3. The Balaban J connectivity index is 2.82. The molecule has 15 heavy (non-hydrogen) atoms. The van der Waals surface area contributed by atoms with Crippen molar-refractivity contribution in [1.82, 2.24) is 0 Å². The molecule has 0 bridgehead atoms. The molecule has 0 fully saturated rings. The van der Waals surface area contributed by atoms with Gasteiger partial charge in [0.05, 0.1) is 6.10 Å². The Morgan fingerprint density at radius 1 is 1.20 bits per heavy atom. The summed E-state index contributed by atoms with van der Waals surface area (Å²) in [6, 6.07) is 4.41. The monoisotopic (exact) mass is 210 g/mol. The maximum Gasteiger partial charge on any atom is 0.122 e. The Morgan fingerprint density at radius 2 is 1.80 bits per heavy atom.